The van der Waals surface area contributed by atoms with Crippen LogP contribution in [0.25, 0.3) is 0 Å². The lowest BCUT2D eigenvalue weighted by Gasteiger charge is -2.19. The molecule has 0 saturated carbocycles. The van der Waals surface area contributed by atoms with Gasteiger partial charge in [0, 0.05) is 18.5 Å². The second-order valence-electron chi connectivity index (χ2n) is 5.12. The zero-order valence-electron chi connectivity index (χ0n) is 11.8. The van der Waals surface area contributed by atoms with Crippen LogP contribution in [0.1, 0.15) is 61.7 Å². The van der Waals surface area contributed by atoms with Gasteiger partial charge in [0.05, 0.1) is 5.69 Å². The molecule has 1 aromatic rings. The first-order chi connectivity index (χ1) is 9.58. The first-order valence-electron chi connectivity index (χ1n) is 7.08. The van der Waals surface area contributed by atoms with Crippen molar-refractivity contribution < 1.29 is 19.2 Å². The highest BCUT2D eigenvalue weighted by atomic mass is 16.5. The number of amides is 1. The molecule has 0 spiro atoms. The van der Waals surface area contributed by atoms with Crippen LogP contribution in [0.5, 0.6) is 0 Å². The lowest BCUT2D eigenvalue weighted by atomic mass is 9.99. The van der Waals surface area contributed by atoms with Gasteiger partial charge in [0.1, 0.15) is 6.04 Å². The topological polar surface area (TPSA) is 83.6 Å². The Balaban J connectivity index is 2.15. The van der Waals surface area contributed by atoms with Crippen molar-refractivity contribution in [2.45, 2.75) is 51.5 Å². The van der Waals surface area contributed by atoms with E-state index in [-0.39, 0.29) is 17.6 Å². The standard InChI is InChI=1S/C14H20N2O4/c1-3-9(4-2)10-8-12(20-15-10)13(17)16-7-5-6-11(16)14(18)19/h8-9,11H,3-7H2,1-2H3,(H,18,19). The van der Waals surface area contributed by atoms with Crippen molar-refractivity contribution in [2.75, 3.05) is 6.54 Å². The van der Waals surface area contributed by atoms with Crippen LogP contribution in [-0.2, 0) is 4.79 Å². The Hall–Kier alpha value is -1.85. The minimum absolute atomic E-state index is 0.139. The predicted octanol–water partition coefficient (Wildman–Crippen LogP) is 2.27. The van der Waals surface area contributed by atoms with Crippen molar-refractivity contribution in [1.82, 2.24) is 10.1 Å². The summed E-state index contributed by atoms with van der Waals surface area (Å²) in [5, 5.41) is 13.1. The molecule has 2 heterocycles. The predicted molar refractivity (Wildman–Crippen MR) is 71.5 cm³/mol. The van der Waals surface area contributed by atoms with Crippen LogP contribution >= 0.6 is 0 Å². The maximum atomic E-state index is 12.3. The fourth-order valence-electron chi connectivity index (χ4n) is 2.70. The number of nitrogens with zero attached hydrogens (tertiary/aromatic N) is 2. The maximum Gasteiger partial charge on any atom is 0.326 e. The summed E-state index contributed by atoms with van der Waals surface area (Å²) < 4.78 is 5.12. The van der Waals surface area contributed by atoms with Gasteiger partial charge in [-0.15, -0.1) is 0 Å². The number of hydrogen-bond acceptors (Lipinski definition) is 4. The summed E-state index contributed by atoms with van der Waals surface area (Å²) in [4.78, 5) is 24.8. The molecule has 6 nitrogen and oxygen atoms in total. The fraction of sp³-hybridized carbons (Fsp3) is 0.643. The zero-order valence-corrected chi connectivity index (χ0v) is 11.8. The number of rotatable bonds is 5. The highest BCUT2D eigenvalue weighted by Crippen LogP contribution is 2.25. The lowest BCUT2D eigenvalue weighted by molar-refractivity contribution is -0.141. The largest absolute Gasteiger partial charge is 0.480 e. The van der Waals surface area contributed by atoms with E-state index in [0.717, 1.165) is 18.5 Å². The molecule has 0 aromatic carbocycles. The summed E-state index contributed by atoms with van der Waals surface area (Å²) in [6, 6.07) is 0.904. The maximum absolute atomic E-state index is 12.3. The van der Waals surface area contributed by atoms with Gasteiger partial charge in [-0.3, -0.25) is 4.79 Å². The number of likely N-dealkylation sites (tertiary alicyclic amines) is 1. The Kier molecular flexibility index (Phi) is 4.42. The van der Waals surface area contributed by atoms with Crippen LogP contribution in [0.15, 0.2) is 10.6 Å². The molecular formula is C14H20N2O4. The van der Waals surface area contributed by atoms with E-state index in [1.54, 1.807) is 6.07 Å². The SMILES string of the molecule is CCC(CC)c1cc(C(=O)N2CCCC2C(=O)O)on1. The monoisotopic (exact) mass is 280 g/mol. The Bertz CT molecular complexity index is 493. The van der Waals surface area contributed by atoms with Gasteiger partial charge in [-0.25, -0.2) is 4.79 Å². The number of carbonyl (C=O) groups excluding carboxylic acids is 1. The van der Waals surface area contributed by atoms with Gasteiger partial charge in [0.25, 0.3) is 5.91 Å². The van der Waals surface area contributed by atoms with Crippen molar-refractivity contribution in [3.8, 4) is 0 Å². The highest BCUT2D eigenvalue weighted by Gasteiger charge is 2.36. The Morgan fingerprint density at radius 3 is 2.80 bits per heavy atom. The Labute approximate surface area is 117 Å². The van der Waals surface area contributed by atoms with Crippen molar-refractivity contribution >= 4 is 11.9 Å². The smallest absolute Gasteiger partial charge is 0.326 e. The second-order valence-corrected chi connectivity index (χ2v) is 5.12. The first kappa shape index (κ1) is 14.6. The third-order valence-corrected chi connectivity index (χ3v) is 3.94. The van der Waals surface area contributed by atoms with E-state index in [1.165, 1.54) is 4.90 Å². The molecule has 1 fully saturated rings. The van der Waals surface area contributed by atoms with E-state index in [2.05, 4.69) is 19.0 Å². The van der Waals surface area contributed by atoms with Crippen LogP contribution in [0.2, 0.25) is 0 Å². The molecule has 1 aromatic heterocycles. The molecule has 1 atom stereocenters. The molecule has 20 heavy (non-hydrogen) atoms. The lowest BCUT2D eigenvalue weighted by Crippen LogP contribution is -2.40. The Morgan fingerprint density at radius 2 is 2.20 bits per heavy atom. The summed E-state index contributed by atoms with van der Waals surface area (Å²) in [6.07, 6.45) is 3.06. The molecule has 1 aliphatic heterocycles. The van der Waals surface area contributed by atoms with Gasteiger partial charge < -0.3 is 14.5 Å². The molecule has 6 heteroatoms. The number of carbonyl (C=O) groups is 2. The summed E-state index contributed by atoms with van der Waals surface area (Å²) >= 11 is 0. The third-order valence-electron chi connectivity index (χ3n) is 3.94. The minimum Gasteiger partial charge on any atom is -0.480 e. The third kappa shape index (κ3) is 2.69. The molecule has 0 bridgehead atoms. The number of hydrogen-bond donors (Lipinski definition) is 1. The minimum atomic E-state index is -0.962. The first-order valence-corrected chi connectivity index (χ1v) is 7.08. The zero-order chi connectivity index (χ0) is 14.7. The average molecular weight is 280 g/mol. The van der Waals surface area contributed by atoms with Gasteiger partial charge in [0.15, 0.2) is 0 Å². The molecule has 110 valence electrons. The van der Waals surface area contributed by atoms with Gasteiger partial charge >= 0.3 is 5.97 Å². The number of aromatic nitrogens is 1. The molecule has 2 rings (SSSR count). The number of aliphatic carboxylic acids is 1. The molecule has 1 amide bonds. The van der Waals surface area contributed by atoms with Crippen LogP contribution in [0, 0.1) is 0 Å². The van der Waals surface area contributed by atoms with E-state index < -0.39 is 12.0 Å². The molecule has 0 radical (unpaired) electrons. The van der Waals surface area contributed by atoms with E-state index in [1.807, 2.05) is 0 Å². The molecule has 1 unspecified atom stereocenters. The van der Waals surface area contributed by atoms with Gasteiger partial charge in [-0.2, -0.15) is 0 Å². The summed E-state index contributed by atoms with van der Waals surface area (Å²) in [6.45, 7) is 4.58. The van der Waals surface area contributed by atoms with Gasteiger partial charge in [-0.1, -0.05) is 19.0 Å². The molecule has 1 N–H and O–H groups in total. The molecular weight excluding hydrogens is 260 g/mol. The van der Waals surface area contributed by atoms with Crippen LogP contribution < -0.4 is 0 Å². The molecule has 1 aliphatic rings. The molecule has 0 aliphatic carbocycles. The van der Waals surface area contributed by atoms with E-state index in [0.29, 0.717) is 19.4 Å². The summed E-state index contributed by atoms with van der Waals surface area (Å²) in [7, 11) is 0. The van der Waals surface area contributed by atoms with Crippen molar-refractivity contribution in [3.05, 3.63) is 17.5 Å². The van der Waals surface area contributed by atoms with Crippen molar-refractivity contribution in [3.63, 3.8) is 0 Å². The summed E-state index contributed by atoms with van der Waals surface area (Å²) in [5.74, 6) is -0.926. The molecule has 1 saturated heterocycles. The highest BCUT2D eigenvalue weighted by molar-refractivity contribution is 5.94. The van der Waals surface area contributed by atoms with Crippen molar-refractivity contribution in [1.29, 1.82) is 0 Å². The second kappa shape index (κ2) is 6.07. The van der Waals surface area contributed by atoms with Gasteiger partial charge in [-0.05, 0) is 25.7 Å². The van der Waals surface area contributed by atoms with Crippen LogP contribution in [0.4, 0.5) is 0 Å². The van der Waals surface area contributed by atoms with E-state index >= 15 is 0 Å². The quantitative estimate of drug-likeness (QED) is 0.894. The normalized spacial score (nSPS) is 18.8. The van der Waals surface area contributed by atoms with E-state index in [9.17, 15) is 9.59 Å². The summed E-state index contributed by atoms with van der Waals surface area (Å²) in [5.41, 5.74) is 0.768. The number of carboxylic acid groups (broad SMARTS) is 1. The fourth-order valence-corrected chi connectivity index (χ4v) is 2.70. The van der Waals surface area contributed by atoms with Gasteiger partial charge in [0.2, 0.25) is 5.76 Å². The van der Waals surface area contributed by atoms with Crippen molar-refractivity contribution in [2.24, 2.45) is 0 Å². The van der Waals surface area contributed by atoms with Crippen LogP contribution in [0.3, 0.4) is 0 Å². The average Bonchev–Trinajstić information content (AvgIpc) is 3.08. The number of carboxylic acids is 1. The Morgan fingerprint density at radius 1 is 1.50 bits per heavy atom. The van der Waals surface area contributed by atoms with Crippen LogP contribution in [-0.4, -0.2) is 39.6 Å². The van der Waals surface area contributed by atoms with E-state index in [4.69, 9.17) is 9.63 Å².